The van der Waals surface area contributed by atoms with Crippen molar-refractivity contribution in [2.45, 2.75) is 32.1 Å². The van der Waals surface area contributed by atoms with Crippen LogP contribution in [0.3, 0.4) is 0 Å². The SMILES string of the molecule is CCOC1=C(C2CC2)CC1(F)F. The topological polar surface area (TPSA) is 9.23 Å². The van der Waals surface area contributed by atoms with Crippen LogP contribution < -0.4 is 0 Å². The minimum Gasteiger partial charge on any atom is -0.492 e. The van der Waals surface area contributed by atoms with Crippen LogP contribution >= 0.6 is 0 Å². The van der Waals surface area contributed by atoms with Gasteiger partial charge in [-0.2, -0.15) is 8.78 Å². The fraction of sp³-hybridized carbons (Fsp3) is 0.778. The van der Waals surface area contributed by atoms with Crippen molar-refractivity contribution in [3.05, 3.63) is 11.3 Å². The second kappa shape index (κ2) is 2.44. The highest BCUT2D eigenvalue weighted by Gasteiger charge is 2.52. The third kappa shape index (κ3) is 1.11. The van der Waals surface area contributed by atoms with E-state index in [0.717, 1.165) is 18.4 Å². The predicted molar refractivity (Wildman–Crippen MR) is 40.9 cm³/mol. The maximum Gasteiger partial charge on any atom is 0.307 e. The Hall–Kier alpha value is -0.600. The molecule has 0 heterocycles. The van der Waals surface area contributed by atoms with Crippen molar-refractivity contribution >= 4 is 0 Å². The quantitative estimate of drug-likeness (QED) is 0.639. The number of halogens is 2. The summed E-state index contributed by atoms with van der Waals surface area (Å²) in [6.07, 6.45) is 2.08. The molecule has 0 saturated heterocycles. The zero-order valence-corrected chi connectivity index (χ0v) is 7.07. The molecule has 0 spiro atoms. The first-order valence-electron chi connectivity index (χ1n) is 4.39. The van der Waals surface area contributed by atoms with E-state index in [4.69, 9.17) is 4.74 Å². The normalized spacial score (nSPS) is 26.9. The summed E-state index contributed by atoms with van der Waals surface area (Å²) < 4.78 is 30.6. The van der Waals surface area contributed by atoms with Gasteiger partial charge in [0.25, 0.3) is 0 Å². The van der Waals surface area contributed by atoms with E-state index >= 15 is 0 Å². The summed E-state index contributed by atoms with van der Waals surface area (Å²) in [7, 11) is 0. The van der Waals surface area contributed by atoms with Crippen molar-refractivity contribution in [1.82, 2.24) is 0 Å². The molecule has 0 atom stereocenters. The Kier molecular flexibility index (Phi) is 1.63. The molecule has 0 aliphatic heterocycles. The van der Waals surface area contributed by atoms with Gasteiger partial charge in [-0.25, -0.2) is 0 Å². The van der Waals surface area contributed by atoms with Gasteiger partial charge in [0.05, 0.1) is 6.61 Å². The Morgan fingerprint density at radius 2 is 2.17 bits per heavy atom. The molecule has 2 aliphatic rings. The van der Waals surface area contributed by atoms with Crippen LogP contribution in [-0.4, -0.2) is 12.5 Å². The van der Waals surface area contributed by atoms with Gasteiger partial charge in [-0.05, 0) is 31.3 Å². The van der Waals surface area contributed by atoms with E-state index in [0.29, 0.717) is 12.5 Å². The number of ether oxygens (including phenoxy) is 1. The maximum absolute atomic E-state index is 12.8. The van der Waals surface area contributed by atoms with E-state index in [9.17, 15) is 8.78 Å². The molecule has 0 unspecified atom stereocenters. The molecular weight excluding hydrogens is 162 g/mol. The average molecular weight is 174 g/mol. The molecule has 2 aliphatic carbocycles. The highest BCUT2D eigenvalue weighted by atomic mass is 19.3. The van der Waals surface area contributed by atoms with E-state index < -0.39 is 5.92 Å². The number of hydrogen-bond acceptors (Lipinski definition) is 1. The average Bonchev–Trinajstić information content (AvgIpc) is 2.79. The zero-order chi connectivity index (χ0) is 8.77. The fourth-order valence-corrected chi connectivity index (χ4v) is 1.63. The van der Waals surface area contributed by atoms with Crippen LogP contribution in [0, 0.1) is 5.92 Å². The Morgan fingerprint density at radius 1 is 1.50 bits per heavy atom. The molecule has 0 aromatic rings. The van der Waals surface area contributed by atoms with Crippen LogP contribution in [0.2, 0.25) is 0 Å². The summed E-state index contributed by atoms with van der Waals surface area (Å²) >= 11 is 0. The second-order valence-electron chi connectivity index (χ2n) is 3.44. The Labute approximate surface area is 70.4 Å². The van der Waals surface area contributed by atoms with Crippen molar-refractivity contribution in [1.29, 1.82) is 0 Å². The van der Waals surface area contributed by atoms with Crippen molar-refractivity contribution in [2.75, 3.05) is 6.61 Å². The standard InChI is InChI=1S/C9H12F2O/c1-2-12-8-7(6-3-4-6)5-9(8,10)11/h6H,2-5H2,1H3. The smallest absolute Gasteiger partial charge is 0.307 e. The van der Waals surface area contributed by atoms with Gasteiger partial charge in [-0.1, -0.05) is 0 Å². The molecule has 1 nitrogen and oxygen atoms in total. The van der Waals surface area contributed by atoms with E-state index in [1.54, 1.807) is 6.92 Å². The molecule has 68 valence electrons. The van der Waals surface area contributed by atoms with Crippen molar-refractivity contribution in [3.8, 4) is 0 Å². The first kappa shape index (κ1) is 8.02. The molecule has 0 aromatic heterocycles. The fourth-order valence-electron chi connectivity index (χ4n) is 1.63. The second-order valence-corrected chi connectivity index (χ2v) is 3.44. The lowest BCUT2D eigenvalue weighted by Gasteiger charge is -2.32. The van der Waals surface area contributed by atoms with Crippen molar-refractivity contribution < 1.29 is 13.5 Å². The van der Waals surface area contributed by atoms with Crippen LogP contribution in [0.5, 0.6) is 0 Å². The molecule has 0 amide bonds. The van der Waals surface area contributed by atoms with Crippen LogP contribution in [0.25, 0.3) is 0 Å². The van der Waals surface area contributed by atoms with Crippen LogP contribution in [-0.2, 0) is 4.74 Å². The first-order valence-corrected chi connectivity index (χ1v) is 4.39. The molecule has 12 heavy (non-hydrogen) atoms. The van der Waals surface area contributed by atoms with Gasteiger partial charge >= 0.3 is 5.92 Å². The molecule has 0 aromatic carbocycles. The van der Waals surface area contributed by atoms with Crippen LogP contribution in [0.1, 0.15) is 26.2 Å². The van der Waals surface area contributed by atoms with E-state index in [1.165, 1.54) is 0 Å². The third-order valence-corrected chi connectivity index (χ3v) is 2.40. The van der Waals surface area contributed by atoms with Crippen molar-refractivity contribution in [2.24, 2.45) is 5.92 Å². The minimum atomic E-state index is -2.66. The summed E-state index contributed by atoms with van der Waals surface area (Å²) in [5.41, 5.74) is 0.877. The molecule has 2 rings (SSSR count). The molecule has 0 radical (unpaired) electrons. The first-order chi connectivity index (χ1) is 5.65. The molecule has 1 saturated carbocycles. The lowest BCUT2D eigenvalue weighted by molar-refractivity contribution is -0.0513. The van der Waals surface area contributed by atoms with E-state index in [1.807, 2.05) is 0 Å². The number of rotatable bonds is 3. The lowest BCUT2D eigenvalue weighted by Crippen LogP contribution is -2.34. The zero-order valence-electron chi connectivity index (χ0n) is 7.07. The molecule has 1 fully saturated rings. The van der Waals surface area contributed by atoms with E-state index in [2.05, 4.69) is 0 Å². The summed E-state index contributed by atoms with van der Waals surface area (Å²) in [5.74, 6) is -2.26. The van der Waals surface area contributed by atoms with Gasteiger partial charge < -0.3 is 4.74 Å². The summed E-state index contributed by atoms with van der Waals surface area (Å²) in [6, 6.07) is 0. The number of hydrogen-bond donors (Lipinski definition) is 0. The summed E-state index contributed by atoms with van der Waals surface area (Å²) in [6.45, 7) is 2.09. The van der Waals surface area contributed by atoms with Gasteiger partial charge in [0.15, 0.2) is 5.76 Å². The van der Waals surface area contributed by atoms with Crippen LogP contribution in [0.4, 0.5) is 8.78 Å². The molecule has 0 N–H and O–H groups in total. The molecule has 3 heteroatoms. The van der Waals surface area contributed by atoms with Gasteiger partial charge in [0.2, 0.25) is 0 Å². The monoisotopic (exact) mass is 174 g/mol. The van der Waals surface area contributed by atoms with Gasteiger partial charge in [-0.15, -0.1) is 0 Å². The Morgan fingerprint density at radius 3 is 2.58 bits per heavy atom. The van der Waals surface area contributed by atoms with Gasteiger partial charge in [0, 0.05) is 6.42 Å². The van der Waals surface area contributed by atoms with Crippen molar-refractivity contribution in [3.63, 3.8) is 0 Å². The molecular formula is C9H12F2O. The Bertz CT molecular complexity index is 229. The van der Waals surface area contributed by atoms with Gasteiger partial charge in [-0.3, -0.25) is 0 Å². The summed E-state index contributed by atoms with van der Waals surface area (Å²) in [4.78, 5) is 0. The number of alkyl halides is 2. The number of allylic oxidation sites excluding steroid dienone is 2. The highest BCUT2D eigenvalue weighted by Crippen LogP contribution is 2.53. The van der Waals surface area contributed by atoms with Crippen LogP contribution in [0.15, 0.2) is 11.3 Å². The predicted octanol–water partition coefficient (Wildman–Crippen LogP) is 2.73. The summed E-state index contributed by atoms with van der Waals surface area (Å²) in [5, 5.41) is 0. The minimum absolute atomic E-state index is 0.0208. The maximum atomic E-state index is 12.8. The van der Waals surface area contributed by atoms with E-state index in [-0.39, 0.29) is 12.2 Å². The third-order valence-electron chi connectivity index (χ3n) is 2.40. The highest BCUT2D eigenvalue weighted by molar-refractivity contribution is 5.33. The van der Waals surface area contributed by atoms with Gasteiger partial charge in [0.1, 0.15) is 0 Å². The lowest BCUT2D eigenvalue weighted by atomic mass is 9.88. The molecule has 0 bridgehead atoms. The Balaban J connectivity index is 2.13. The largest absolute Gasteiger partial charge is 0.492 e.